The molecule has 2 N–H and O–H groups in total. The van der Waals surface area contributed by atoms with E-state index in [1.165, 1.54) is 0 Å². The first-order valence-electron chi connectivity index (χ1n) is 6.60. The van der Waals surface area contributed by atoms with Crippen molar-refractivity contribution < 1.29 is 0 Å². The monoisotopic (exact) mass is 278 g/mol. The molecule has 4 nitrogen and oxygen atoms in total. The molecule has 0 saturated carbocycles. The Morgan fingerprint density at radius 3 is 2.89 bits per heavy atom. The number of aromatic nitrogens is 2. The number of thioether (sulfide) groups is 1. The van der Waals surface area contributed by atoms with Gasteiger partial charge in [-0.25, -0.2) is 4.98 Å². The number of rotatable bonds is 6. The van der Waals surface area contributed by atoms with Crippen LogP contribution in [0.25, 0.3) is 5.65 Å². The zero-order chi connectivity index (χ0) is 13.8. The molecule has 0 spiro atoms. The van der Waals surface area contributed by atoms with Gasteiger partial charge in [-0.05, 0) is 24.8 Å². The molecule has 0 bridgehead atoms. The van der Waals surface area contributed by atoms with E-state index in [-0.39, 0.29) is 0 Å². The first-order chi connectivity index (χ1) is 9.22. The summed E-state index contributed by atoms with van der Waals surface area (Å²) < 4.78 is 2.08. The van der Waals surface area contributed by atoms with E-state index in [1.807, 2.05) is 36.2 Å². The highest BCUT2D eigenvalue weighted by molar-refractivity contribution is 7.98. The van der Waals surface area contributed by atoms with E-state index in [4.69, 9.17) is 10.7 Å². The molecule has 0 radical (unpaired) electrons. The maximum atomic E-state index is 5.92. The zero-order valence-electron chi connectivity index (χ0n) is 11.8. The van der Waals surface area contributed by atoms with Crippen LogP contribution in [-0.4, -0.2) is 34.5 Å². The summed E-state index contributed by atoms with van der Waals surface area (Å²) in [4.78, 5) is 7.00. The van der Waals surface area contributed by atoms with E-state index in [0.717, 1.165) is 29.3 Å². The van der Waals surface area contributed by atoms with Crippen molar-refractivity contribution >= 4 is 23.2 Å². The second-order valence-corrected chi connectivity index (χ2v) is 5.55. The first-order valence-corrected chi connectivity index (χ1v) is 8.00. The van der Waals surface area contributed by atoms with E-state index in [0.29, 0.717) is 12.6 Å². The lowest BCUT2D eigenvalue weighted by molar-refractivity contribution is 0.664. The van der Waals surface area contributed by atoms with E-state index < -0.39 is 0 Å². The number of nitrogens with two attached hydrogens (primary N) is 1. The SMILES string of the molecule is CCC(CSC)N(C)c1nc2ccccn2c1CN. The van der Waals surface area contributed by atoms with Crippen molar-refractivity contribution in [2.24, 2.45) is 5.73 Å². The molecule has 0 amide bonds. The summed E-state index contributed by atoms with van der Waals surface area (Å²) in [6.45, 7) is 2.72. The number of hydrogen-bond acceptors (Lipinski definition) is 4. The zero-order valence-corrected chi connectivity index (χ0v) is 12.7. The molecule has 0 aliphatic rings. The molecule has 5 heteroatoms. The Bertz CT molecular complexity index is 537. The van der Waals surface area contributed by atoms with E-state index in [9.17, 15) is 0 Å². The third-order valence-electron chi connectivity index (χ3n) is 3.51. The standard InChI is InChI=1S/C14H22N4S/c1-4-11(10-19-3)17(2)14-12(9-15)18-8-6-5-7-13(18)16-14/h5-8,11H,4,9-10,15H2,1-3H3. The molecule has 104 valence electrons. The van der Waals surface area contributed by atoms with E-state index in [1.54, 1.807) is 0 Å². The molecular formula is C14H22N4S. The number of anilines is 1. The lowest BCUT2D eigenvalue weighted by Gasteiger charge is -2.27. The Morgan fingerprint density at radius 1 is 1.47 bits per heavy atom. The van der Waals surface area contributed by atoms with Crippen LogP contribution in [0.5, 0.6) is 0 Å². The maximum absolute atomic E-state index is 5.92. The van der Waals surface area contributed by atoms with Gasteiger partial charge < -0.3 is 15.0 Å². The average Bonchev–Trinajstić information content (AvgIpc) is 2.82. The van der Waals surface area contributed by atoms with Crippen LogP contribution < -0.4 is 10.6 Å². The number of fused-ring (bicyclic) bond motifs is 1. The van der Waals surface area contributed by atoms with Gasteiger partial charge in [0.15, 0.2) is 5.82 Å². The fourth-order valence-corrected chi connectivity index (χ4v) is 3.22. The molecule has 2 heterocycles. The van der Waals surface area contributed by atoms with Crippen LogP contribution in [0, 0.1) is 0 Å². The Morgan fingerprint density at radius 2 is 2.26 bits per heavy atom. The molecule has 1 atom stereocenters. The van der Waals surface area contributed by atoms with Gasteiger partial charge >= 0.3 is 0 Å². The number of hydrogen-bond donors (Lipinski definition) is 1. The summed E-state index contributed by atoms with van der Waals surface area (Å²) >= 11 is 1.87. The largest absolute Gasteiger partial charge is 0.354 e. The van der Waals surface area contributed by atoms with E-state index >= 15 is 0 Å². The van der Waals surface area contributed by atoms with Gasteiger partial charge in [-0.15, -0.1) is 0 Å². The van der Waals surface area contributed by atoms with Crippen LogP contribution in [0.4, 0.5) is 5.82 Å². The van der Waals surface area contributed by atoms with Crippen LogP contribution in [0.3, 0.4) is 0 Å². The first kappa shape index (κ1) is 14.2. The molecule has 0 aliphatic heterocycles. The third kappa shape index (κ3) is 2.72. The highest BCUT2D eigenvalue weighted by atomic mass is 32.2. The fraction of sp³-hybridized carbons (Fsp3) is 0.500. The molecule has 2 rings (SSSR count). The topological polar surface area (TPSA) is 46.6 Å². The van der Waals surface area contributed by atoms with Crippen molar-refractivity contribution in [3.63, 3.8) is 0 Å². The van der Waals surface area contributed by atoms with Crippen molar-refractivity contribution in [3.8, 4) is 0 Å². The molecule has 0 saturated heterocycles. The molecule has 1 unspecified atom stereocenters. The minimum absolute atomic E-state index is 0.491. The lowest BCUT2D eigenvalue weighted by atomic mass is 10.2. The van der Waals surface area contributed by atoms with Crippen LogP contribution >= 0.6 is 11.8 Å². The van der Waals surface area contributed by atoms with Gasteiger partial charge in [-0.1, -0.05) is 13.0 Å². The van der Waals surface area contributed by atoms with Crippen LogP contribution in [-0.2, 0) is 6.54 Å². The highest BCUT2D eigenvalue weighted by Gasteiger charge is 2.19. The van der Waals surface area contributed by atoms with Crippen molar-refractivity contribution in [1.82, 2.24) is 9.38 Å². The number of imidazole rings is 1. The molecule has 19 heavy (non-hydrogen) atoms. The number of nitrogens with zero attached hydrogens (tertiary/aromatic N) is 3. The summed E-state index contributed by atoms with van der Waals surface area (Å²) in [5, 5.41) is 0. The van der Waals surface area contributed by atoms with Gasteiger partial charge in [0.25, 0.3) is 0 Å². The van der Waals surface area contributed by atoms with Crippen molar-refractivity contribution in [1.29, 1.82) is 0 Å². The number of pyridine rings is 1. The Balaban J connectivity index is 2.43. The Labute approximate surface area is 119 Å². The summed E-state index contributed by atoms with van der Waals surface area (Å²) in [6.07, 6.45) is 5.27. The van der Waals surface area contributed by atoms with Gasteiger partial charge in [-0.2, -0.15) is 11.8 Å². The fourth-order valence-electron chi connectivity index (χ4n) is 2.38. The predicted octanol–water partition coefficient (Wildman–Crippen LogP) is 2.37. The quantitative estimate of drug-likeness (QED) is 0.881. The van der Waals surface area contributed by atoms with Crippen LogP contribution in [0.1, 0.15) is 19.0 Å². The Kier molecular flexibility index (Phi) is 4.71. The van der Waals surface area contributed by atoms with Gasteiger partial charge in [0, 0.05) is 31.6 Å². The normalized spacial score (nSPS) is 12.8. The molecule has 2 aromatic heterocycles. The maximum Gasteiger partial charge on any atom is 0.152 e. The van der Waals surface area contributed by atoms with E-state index in [2.05, 4.69) is 29.5 Å². The average molecular weight is 278 g/mol. The lowest BCUT2D eigenvalue weighted by Crippen LogP contribution is -2.34. The van der Waals surface area contributed by atoms with Crippen molar-refractivity contribution in [2.75, 3.05) is 24.0 Å². The molecule has 0 aromatic carbocycles. The smallest absolute Gasteiger partial charge is 0.152 e. The predicted molar refractivity (Wildman–Crippen MR) is 83.9 cm³/mol. The van der Waals surface area contributed by atoms with Crippen LogP contribution in [0.2, 0.25) is 0 Å². The highest BCUT2D eigenvalue weighted by Crippen LogP contribution is 2.24. The molecule has 0 fully saturated rings. The Hall–Kier alpha value is -1.20. The molecule has 0 aliphatic carbocycles. The summed E-state index contributed by atoms with van der Waals surface area (Å²) in [5.74, 6) is 2.11. The summed E-state index contributed by atoms with van der Waals surface area (Å²) in [6, 6.07) is 6.53. The third-order valence-corrected chi connectivity index (χ3v) is 4.23. The minimum atomic E-state index is 0.491. The minimum Gasteiger partial charge on any atom is -0.354 e. The van der Waals surface area contributed by atoms with Gasteiger partial charge in [0.05, 0.1) is 5.69 Å². The molecule has 2 aromatic rings. The van der Waals surface area contributed by atoms with Crippen molar-refractivity contribution in [3.05, 3.63) is 30.1 Å². The van der Waals surface area contributed by atoms with Crippen LogP contribution in [0.15, 0.2) is 24.4 Å². The van der Waals surface area contributed by atoms with Gasteiger partial charge in [0.2, 0.25) is 0 Å². The summed E-state index contributed by atoms with van der Waals surface area (Å²) in [7, 11) is 2.12. The second kappa shape index (κ2) is 6.30. The van der Waals surface area contributed by atoms with Gasteiger partial charge in [0.1, 0.15) is 5.65 Å². The van der Waals surface area contributed by atoms with Crippen molar-refractivity contribution in [2.45, 2.75) is 25.9 Å². The van der Waals surface area contributed by atoms with Gasteiger partial charge in [-0.3, -0.25) is 0 Å². The second-order valence-electron chi connectivity index (χ2n) is 4.64. The molecular weight excluding hydrogens is 256 g/mol. The summed E-state index contributed by atoms with van der Waals surface area (Å²) in [5.41, 5.74) is 7.96.